The van der Waals surface area contributed by atoms with Crippen LogP contribution < -0.4 is 5.32 Å². The second kappa shape index (κ2) is 5.74. The van der Waals surface area contributed by atoms with Crippen LogP contribution in [0.3, 0.4) is 0 Å². The van der Waals surface area contributed by atoms with Crippen molar-refractivity contribution in [1.29, 1.82) is 0 Å². The van der Waals surface area contributed by atoms with E-state index in [1.54, 1.807) is 11.8 Å². The SMILES string of the molecule is CNC(COC)Cc1nc(-c2ccn(C)n2)no1. The summed E-state index contributed by atoms with van der Waals surface area (Å²) in [6, 6.07) is 2.01. The van der Waals surface area contributed by atoms with Gasteiger partial charge in [-0.25, -0.2) is 0 Å². The quantitative estimate of drug-likeness (QED) is 0.792. The molecule has 0 saturated carbocycles. The zero-order valence-corrected chi connectivity index (χ0v) is 10.8. The number of aryl methyl sites for hydroxylation is 1. The van der Waals surface area contributed by atoms with Crippen LogP contribution in [0.4, 0.5) is 0 Å². The number of hydrogen-bond acceptors (Lipinski definition) is 6. The molecule has 98 valence electrons. The lowest BCUT2D eigenvalue weighted by Gasteiger charge is -2.11. The van der Waals surface area contributed by atoms with Gasteiger partial charge < -0.3 is 14.6 Å². The molecule has 2 rings (SSSR count). The molecule has 7 nitrogen and oxygen atoms in total. The molecule has 7 heteroatoms. The van der Waals surface area contributed by atoms with Crippen molar-refractivity contribution >= 4 is 0 Å². The predicted octanol–water partition coefficient (Wildman–Crippen LogP) is 0.247. The van der Waals surface area contributed by atoms with Crippen LogP contribution in [0.1, 0.15) is 5.89 Å². The van der Waals surface area contributed by atoms with Crippen LogP contribution in [0.2, 0.25) is 0 Å². The molecule has 0 aliphatic heterocycles. The largest absolute Gasteiger partial charge is 0.383 e. The van der Waals surface area contributed by atoms with Gasteiger partial charge in [-0.2, -0.15) is 10.1 Å². The summed E-state index contributed by atoms with van der Waals surface area (Å²) >= 11 is 0. The van der Waals surface area contributed by atoms with E-state index in [9.17, 15) is 0 Å². The van der Waals surface area contributed by atoms with Crippen molar-refractivity contribution in [3.05, 3.63) is 18.2 Å². The van der Waals surface area contributed by atoms with Gasteiger partial charge in [0.15, 0.2) is 0 Å². The molecule has 0 bridgehead atoms. The molecule has 0 fully saturated rings. The lowest BCUT2D eigenvalue weighted by atomic mass is 10.2. The number of ether oxygens (including phenoxy) is 1. The van der Waals surface area contributed by atoms with Crippen molar-refractivity contribution < 1.29 is 9.26 Å². The first-order chi connectivity index (χ1) is 8.72. The van der Waals surface area contributed by atoms with Crippen LogP contribution in [0.5, 0.6) is 0 Å². The Bertz CT molecular complexity index is 493. The van der Waals surface area contributed by atoms with Crippen molar-refractivity contribution in [1.82, 2.24) is 25.2 Å². The molecular formula is C11H17N5O2. The third kappa shape index (κ3) is 2.93. The maximum absolute atomic E-state index is 5.20. The minimum atomic E-state index is 0.159. The summed E-state index contributed by atoms with van der Waals surface area (Å²) < 4.78 is 12.0. The molecule has 2 aromatic rings. The highest BCUT2D eigenvalue weighted by Gasteiger charge is 2.15. The van der Waals surface area contributed by atoms with Gasteiger partial charge in [0.1, 0.15) is 5.69 Å². The minimum Gasteiger partial charge on any atom is -0.383 e. The number of hydrogen-bond donors (Lipinski definition) is 1. The van der Waals surface area contributed by atoms with Gasteiger partial charge in [-0.3, -0.25) is 4.68 Å². The van der Waals surface area contributed by atoms with E-state index in [2.05, 4.69) is 20.6 Å². The van der Waals surface area contributed by atoms with Crippen molar-refractivity contribution in [2.45, 2.75) is 12.5 Å². The van der Waals surface area contributed by atoms with E-state index in [0.717, 1.165) is 0 Å². The molecule has 2 aromatic heterocycles. The fourth-order valence-corrected chi connectivity index (χ4v) is 1.63. The Labute approximate surface area is 105 Å². The first-order valence-corrected chi connectivity index (χ1v) is 5.71. The second-order valence-corrected chi connectivity index (χ2v) is 4.03. The lowest BCUT2D eigenvalue weighted by molar-refractivity contribution is 0.165. The average molecular weight is 251 g/mol. The minimum absolute atomic E-state index is 0.159. The number of likely N-dealkylation sites (N-methyl/N-ethyl adjacent to an activating group) is 1. The Kier molecular flexibility index (Phi) is 4.06. The number of rotatable bonds is 6. The summed E-state index contributed by atoms with van der Waals surface area (Å²) in [6.07, 6.45) is 2.47. The summed E-state index contributed by atoms with van der Waals surface area (Å²) in [5.74, 6) is 1.09. The highest BCUT2D eigenvalue weighted by atomic mass is 16.5. The van der Waals surface area contributed by atoms with Crippen molar-refractivity contribution in [2.75, 3.05) is 20.8 Å². The van der Waals surface area contributed by atoms with Gasteiger partial charge in [0.25, 0.3) is 0 Å². The van der Waals surface area contributed by atoms with Gasteiger partial charge in [0.05, 0.1) is 6.61 Å². The normalized spacial score (nSPS) is 12.8. The predicted molar refractivity (Wildman–Crippen MR) is 64.9 cm³/mol. The van der Waals surface area contributed by atoms with E-state index < -0.39 is 0 Å². The Morgan fingerprint density at radius 1 is 1.56 bits per heavy atom. The molecule has 0 aliphatic rings. The van der Waals surface area contributed by atoms with Gasteiger partial charge in [-0.15, -0.1) is 0 Å². The Balaban J connectivity index is 2.06. The molecule has 0 amide bonds. The Morgan fingerprint density at radius 3 is 3.00 bits per heavy atom. The molecule has 0 aliphatic carbocycles. The third-order valence-corrected chi connectivity index (χ3v) is 2.61. The van der Waals surface area contributed by atoms with Crippen LogP contribution in [0, 0.1) is 0 Å². The van der Waals surface area contributed by atoms with E-state index in [4.69, 9.17) is 9.26 Å². The molecule has 0 radical (unpaired) electrons. The number of aromatic nitrogens is 4. The summed E-state index contributed by atoms with van der Waals surface area (Å²) in [7, 11) is 5.39. The van der Waals surface area contributed by atoms with Crippen molar-refractivity contribution in [2.24, 2.45) is 7.05 Å². The zero-order chi connectivity index (χ0) is 13.0. The third-order valence-electron chi connectivity index (χ3n) is 2.61. The van der Waals surface area contributed by atoms with Gasteiger partial charge in [0, 0.05) is 32.8 Å². The van der Waals surface area contributed by atoms with Crippen LogP contribution in [-0.2, 0) is 18.2 Å². The van der Waals surface area contributed by atoms with E-state index in [1.807, 2.05) is 26.4 Å². The molecule has 1 unspecified atom stereocenters. The van der Waals surface area contributed by atoms with Crippen LogP contribution in [0.15, 0.2) is 16.8 Å². The number of nitrogens with zero attached hydrogens (tertiary/aromatic N) is 4. The van der Waals surface area contributed by atoms with Crippen LogP contribution in [-0.4, -0.2) is 46.7 Å². The van der Waals surface area contributed by atoms with E-state index in [1.165, 1.54) is 0 Å². The van der Waals surface area contributed by atoms with Crippen LogP contribution in [0.25, 0.3) is 11.5 Å². The molecule has 0 spiro atoms. The standard InChI is InChI=1S/C11H17N5O2/c1-12-8(7-17-3)6-10-13-11(15-18-10)9-4-5-16(2)14-9/h4-5,8,12H,6-7H2,1-3H3. The monoisotopic (exact) mass is 251 g/mol. The van der Waals surface area contributed by atoms with E-state index >= 15 is 0 Å². The Hall–Kier alpha value is -1.73. The van der Waals surface area contributed by atoms with Crippen molar-refractivity contribution in [3.8, 4) is 11.5 Å². The van der Waals surface area contributed by atoms with E-state index in [-0.39, 0.29) is 6.04 Å². The maximum atomic E-state index is 5.20. The van der Waals surface area contributed by atoms with Crippen molar-refractivity contribution in [3.63, 3.8) is 0 Å². The fraction of sp³-hybridized carbons (Fsp3) is 0.545. The summed E-state index contributed by atoms with van der Waals surface area (Å²) in [5.41, 5.74) is 0.709. The zero-order valence-electron chi connectivity index (χ0n) is 10.8. The molecule has 0 aromatic carbocycles. The van der Waals surface area contributed by atoms with Gasteiger partial charge >= 0.3 is 0 Å². The first-order valence-electron chi connectivity index (χ1n) is 5.71. The molecule has 0 saturated heterocycles. The Morgan fingerprint density at radius 2 is 2.39 bits per heavy atom. The molecule has 1 N–H and O–H groups in total. The molecule has 2 heterocycles. The maximum Gasteiger partial charge on any atom is 0.228 e. The van der Waals surface area contributed by atoms with Crippen LogP contribution >= 0.6 is 0 Å². The fourth-order valence-electron chi connectivity index (χ4n) is 1.63. The van der Waals surface area contributed by atoms with E-state index in [0.29, 0.717) is 30.4 Å². The number of nitrogens with one attached hydrogen (secondary N) is 1. The molecular weight excluding hydrogens is 234 g/mol. The summed E-state index contributed by atoms with van der Waals surface area (Å²) in [6.45, 7) is 0.595. The molecule has 1 atom stereocenters. The van der Waals surface area contributed by atoms with Gasteiger partial charge in [-0.1, -0.05) is 5.16 Å². The molecule has 18 heavy (non-hydrogen) atoms. The topological polar surface area (TPSA) is 78.0 Å². The average Bonchev–Trinajstić information content (AvgIpc) is 2.97. The summed E-state index contributed by atoms with van der Waals surface area (Å²) in [5, 5.41) is 11.3. The highest BCUT2D eigenvalue weighted by molar-refractivity contribution is 5.46. The highest BCUT2D eigenvalue weighted by Crippen LogP contribution is 2.13. The smallest absolute Gasteiger partial charge is 0.228 e. The second-order valence-electron chi connectivity index (χ2n) is 4.03. The van der Waals surface area contributed by atoms with Gasteiger partial charge in [-0.05, 0) is 13.1 Å². The lowest BCUT2D eigenvalue weighted by Crippen LogP contribution is -2.32. The summed E-state index contributed by atoms with van der Waals surface area (Å²) in [4.78, 5) is 4.31. The number of methoxy groups -OCH3 is 1. The van der Waals surface area contributed by atoms with Gasteiger partial charge in [0.2, 0.25) is 11.7 Å². The first kappa shape index (κ1) is 12.7.